The Bertz CT molecular complexity index is 714. The molecule has 0 aliphatic carbocycles. The molecule has 0 radical (unpaired) electrons. The maximum Gasteiger partial charge on any atom is 0.273 e. The van der Waals surface area contributed by atoms with Gasteiger partial charge in [-0.1, -0.05) is 5.16 Å². The van der Waals surface area contributed by atoms with Gasteiger partial charge in [0.05, 0.1) is 0 Å². The molecule has 1 aromatic heterocycles. The molecular weight excluding hydrogens is 320 g/mol. The van der Waals surface area contributed by atoms with Crippen LogP contribution in [0.5, 0.6) is 5.75 Å². The van der Waals surface area contributed by atoms with Crippen molar-refractivity contribution >= 4 is 5.91 Å². The van der Waals surface area contributed by atoms with E-state index in [-0.39, 0.29) is 29.7 Å². The monoisotopic (exact) mass is 337 g/mol. The minimum absolute atomic E-state index is 0.104. The molecule has 0 bridgehead atoms. The van der Waals surface area contributed by atoms with Crippen LogP contribution in [0.15, 0.2) is 28.8 Å². The lowest BCUT2D eigenvalue weighted by Gasteiger charge is -2.08. The number of hydrogen-bond donors (Lipinski definition) is 2. The van der Waals surface area contributed by atoms with Crippen molar-refractivity contribution in [2.75, 3.05) is 19.6 Å². The van der Waals surface area contributed by atoms with Crippen LogP contribution >= 0.6 is 0 Å². The Kier molecular flexibility index (Phi) is 5.05. The van der Waals surface area contributed by atoms with Crippen LogP contribution in [0.2, 0.25) is 0 Å². The van der Waals surface area contributed by atoms with Gasteiger partial charge in [0.25, 0.3) is 5.91 Å². The Hall–Kier alpha value is -2.48. The summed E-state index contributed by atoms with van der Waals surface area (Å²) in [4.78, 5) is 12.0. The third-order valence-electron chi connectivity index (χ3n) is 3.77. The molecule has 1 fully saturated rings. The van der Waals surface area contributed by atoms with Gasteiger partial charge in [0.15, 0.2) is 23.0 Å². The van der Waals surface area contributed by atoms with E-state index in [4.69, 9.17) is 9.26 Å². The maximum atomic E-state index is 13.5. The predicted octanol–water partition coefficient (Wildman–Crippen LogP) is 1.87. The molecule has 1 aliphatic heterocycles. The van der Waals surface area contributed by atoms with E-state index >= 15 is 0 Å². The van der Waals surface area contributed by atoms with Gasteiger partial charge < -0.3 is 19.9 Å². The first-order valence-electron chi connectivity index (χ1n) is 7.64. The molecule has 1 unspecified atom stereocenters. The van der Waals surface area contributed by atoms with Gasteiger partial charge in [0.2, 0.25) is 0 Å². The first kappa shape index (κ1) is 16.4. The molecule has 24 heavy (non-hydrogen) atoms. The summed E-state index contributed by atoms with van der Waals surface area (Å²) < 4.78 is 36.5. The van der Waals surface area contributed by atoms with Crippen molar-refractivity contribution in [1.82, 2.24) is 15.8 Å². The van der Waals surface area contributed by atoms with Crippen molar-refractivity contribution in [1.29, 1.82) is 0 Å². The lowest BCUT2D eigenvalue weighted by atomic mass is 10.1. The number of halogens is 2. The van der Waals surface area contributed by atoms with Crippen LogP contribution in [0.4, 0.5) is 8.78 Å². The molecule has 1 aromatic carbocycles. The smallest absolute Gasteiger partial charge is 0.273 e. The number of aromatic nitrogens is 1. The summed E-state index contributed by atoms with van der Waals surface area (Å²) in [5.41, 5.74) is 0.138. The second kappa shape index (κ2) is 7.39. The molecule has 0 saturated carbocycles. The molecule has 1 atom stereocenters. The van der Waals surface area contributed by atoms with E-state index in [9.17, 15) is 13.6 Å². The van der Waals surface area contributed by atoms with Crippen LogP contribution in [-0.4, -0.2) is 30.7 Å². The molecule has 128 valence electrons. The number of nitrogens with zero attached hydrogens (tertiary/aromatic N) is 1. The summed E-state index contributed by atoms with van der Waals surface area (Å²) in [5, 5.41) is 9.70. The molecule has 6 nitrogen and oxygen atoms in total. The lowest BCUT2D eigenvalue weighted by Crippen LogP contribution is -2.30. The van der Waals surface area contributed by atoms with E-state index in [1.807, 2.05) is 0 Å². The molecular formula is C16H17F2N3O3. The van der Waals surface area contributed by atoms with Gasteiger partial charge in [-0.05, 0) is 37.6 Å². The highest BCUT2D eigenvalue weighted by atomic mass is 19.1. The zero-order chi connectivity index (χ0) is 16.9. The molecule has 1 amide bonds. The summed E-state index contributed by atoms with van der Waals surface area (Å²) in [7, 11) is 0. The fourth-order valence-corrected chi connectivity index (χ4v) is 2.45. The van der Waals surface area contributed by atoms with Crippen molar-refractivity contribution in [3.05, 3.63) is 47.4 Å². The third-order valence-corrected chi connectivity index (χ3v) is 3.77. The quantitative estimate of drug-likeness (QED) is 0.842. The van der Waals surface area contributed by atoms with E-state index in [0.29, 0.717) is 12.5 Å². The zero-order valence-corrected chi connectivity index (χ0v) is 12.9. The molecule has 3 rings (SSSR count). The summed E-state index contributed by atoms with van der Waals surface area (Å²) >= 11 is 0. The Morgan fingerprint density at radius 1 is 1.42 bits per heavy atom. The first-order valence-corrected chi connectivity index (χ1v) is 7.64. The number of carbonyl (C=O) groups is 1. The van der Waals surface area contributed by atoms with Crippen molar-refractivity contribution in [3.8, 4) is 5.75 Å². The topological polar surface area (TPSA) is 76.4 Å². The standard InChI is InChI=1S/C16H17F2N3O3/c17-11-1-2-15(13(18)5-11)23-9-12-6-14(21-24-12)16(22)20-8-10-3-4-19-7-10/h1-2,5-6,10,19H,3-4,7-9H2,(H,20,22). The Morgan fingerprint density at radius 3 is 3.04 bits per heavy atom. The Morgan fingerprint density at radius 2 is 2.29 bits per heavy atom. The highest BCUT2D eigenvalue weighted by Gasteiger charge is 2.18. The maximum absolute atomic E-state index is 13.5. The minimum Gasteiger partial charge on any atom is -0.482 e. The largest absolute Gasteiger partial charge is 0.482 e. The Labute approximate surface area is 137 Å². The number of hydrogen-bond acceptors (Lipinski definition) is 5. The van der Waals surface area contributed by atoms with E-state index in [1.165, 1.54) is 12.1 Å². The molecule has 2 N–H and O–H groups in total. The van der Waals surface area contributed by atoms with Gasteiger partial charge >= 0.3 is 0 Å². The van der Waals surface area contributed by atoms with Crippen LogP contribution in [0, 0.1) is 17.6 Å². The minimum atomic E-state index is -0.808. The van der Waals surface area contributed by atoms with Gasteiger partial charge in [0.1, 0.15) is 12.4 Å². The van der Waals surface area contributed by atoms with Crippen molar-refractivity contribution in [2.45, 2.75) is 13.0 Å². The molecule has 1 aliphatic rings. The normalized spacial score (nSPS) is 17.0. The second-order valence-corrected chi connectivity index (χ2v) is 5.61. The van der Waals surface area contributed by atoms with Gasteiger partial charge in [-0.2, -0.15) is 0 Å². The number of ether oxygens (including phenoxy) is 1. The molecule has 8 heteroatoms. The fraction of sp³-hybridized carbons (Fsp3) is 0.375. The average Bonchev–Trinajstić information content (AvgIpc) is 3.23. The highest BCUT2D eigenvalue weighted by Crippen LogP contribution is 2.19. The summed E-state index contributed by atoms with van der Waals surface area (Å²) in [6, 6.07) is 4.44. The van der Waals surface area contributed by atoms with Crippen molar-refractivity contribution in [3.63, 3.8) is 0 Å². The van der Waals surface area contributed by atoms with Crippen LogP contribution in [-0.2, 0) is 6.61 Å². The van der Waals surface area contributed by atoms with Gasteiger partial charge in [-0.3, -0.25) is 4.79 Å². The van der Waals surface area contributed by atoms with Gasteiger partial charge in [-0.15, -0.1) is 0 Å². The van der Waals surface area contributed by atoms with E-state index in [1.54, 1.807) is 0 Å². The number of nitrogens with one attached hydrogen (secondary N) is 2. The third kappa shape index (κ3) is 4.08. The predicted molar refractivity (Wildman–Crippen MR) is 80.5 cm³/mol. The number of carbonyl (C=O) groups excluding carboxylic acids is 1. The van der Waals surface area contributed by atoms with E-state index in [0.717, 1.165) is 31.6 Å². The average molecular weight is 337 g/mol. The SMILES string of the molecule is O=C(NCC1CCNC1)c1cc(COc2ccc(F)cc2F)on1. The first-order chi connectivity index (χ1) is 11.6. The van der Waals surface area contributed by atoms with Crippen LogP contribution in [0.3, 0.4) is 0 Å². The fourth-order valence-electron chi connectivity index (χ4n) is 2.45. The molecule has 1 saturated heterocycles. The number of amides is 1. The molecule has 2 aromatic rings. The lowest BCUT2D eigenvalue weighted by molar-refractivity contribution is 0.0938. The number of rotatable bonds is 6. The summed E-state index contributed by atoms with van der Waals surface area (Å²) in [6.07, 6.45) is 1.03. The van der Waals surface area contributed by atoms with E-state index < -0.39 is 11.6 Å². The zero-order valence-electron chi connectivity index (χ0n) is 12.9. The van der Waals surface area contributed by atoms with Crippen molar-refractivity contribution in [2.24, 2.45) is 5.92 Å². The van der Waals surface area contributed by atoms with Crippen LogP contribution in [0.25, 0.3) is 0 Å². The second-order valence-electron chi connectivity index (χ2n) is 5.61. The summed E-state index contributed by atoms with van der Waals surface area (Å²) in [6.45, 7) is 2.31. The van der Waals surface area contributed by atoms with Crippen LogP contribution < -0.4 is 15.4 Å². The Balaban J connectivity index is 1.51. The number of benzene rings is 1. The highest BCUT2D eigenvalue weighted by molar-refractivity contribution is 5.92. The van der Waals surface area contributed by atoms with Gasteiger partial charge in [0, 0.05) is 18.7 Å². The molecule has 2 heterocycles. The van der Waals surface area contributed by atoms with Crippen LogP contribution in [0.1, 0.15) is 22.7 Å². The molecule has 0 spiro atoms. The van der Waals surface area contributed by atoms with E-state index in [2.05, 4.69) is 15.8 Å². The summed E-state index contributed by atoms with van der Waals surface area (Å²) in [5.74, 6) is -1.23. The van der Waals surface area contributed by atoms with Gasteiger partial charge in [-0.25, -0.2) is 8.78 Å². The van der Waals surface area contributed by atoms with Crippen molar-refractivity contribution < 1.29 is 22.8 Å².